The van der Waals surface area contributed by atoms with Crippen LogP contribution in [0.3, 0.4) is 0 Å². The van der Waals surface area contributed by atoms with Crippen molar-refractivity contribution in [2.75, 3.05) is 0 Å². The van der Waals surface area contributed by atoms with E-state index in [4.69, 9.17) is 0 Å². The molecule has 12 heavy (non-hydrogen) atoms. The largest absolute Gasteiger partial charge is 0.104 e. The molecular formula is C12H22. The monoisotopic (exact) mass is 166 g/mol. The van der Waals surface area contributed by atoms with E-state index in [0.717, 1.165) is 18.8 Å². The second-order valence-electron chi connectivity index (χ2n) is 4.65. The van der Waals surface area contributed by atoms with Crippen LogP contribution in [0.5, 0.6) is 0 Å². The average molecular weight is 166 g/mol. The van der Waals surface area contributed by atoms with Crippen LogP contribution in [0.25, 0.3) is 0 Å². The van der Waals surface area contributed by atoms with Gasteiger partial charge in [0.05, 0.1) is 0 Å². The Balaban J connectivity index is 3.86. The Kier molecular flexibility index (Phi) is 5.06. The highest BCUT2D eigenvalue weighted by Gasteiger charge is 2.17. The Morgan fingerprint density at radius 1 is 1.17 bits per heavy atom. The molecule has 0 radical (unpaired) electrons. The van der Waals surface area contributed by atoms with Crippen LogP contribution in [-0.2, 0) is 0 Å². The lowest BCUT2D eigenvalue weighted by atomic mass is 9.81. The van der Waals surface area contributed by atoms with Crippen molar-refractivity contribution in [1.82, 2.24) is 0 Å². The van der Waals surface area contributed by atoms with E-state index in [0.29, 0.717) is 5.41 Å². The third kappa shape index (κ3) is 6.28. The van der Waals surface area contributed by atoms with Gasteiger partial charge < -0.3 is 0 Å². The SMILES string of the molecule is CCC#CCC(C)(C)CC(C)C. The van der Waals surface area contributed by atoms with Gasteiger partial charge in [0, 0.05) is 12.8 Å². The van der Waals surface area contributed by atoms with Crippen molar-refractivity contribution in [3.8, 4) is 11.8 Å². The second kappa shape index (κ2) is 5.25. The third-order valence-electron chi connectivity index (χ3n) is 1.83. The summed E-state index contributed by atoms with van der Waals surface area (Å²) < 4.78 is 0. The molecule has 0 amide bonds. The van der Waals surface area contributed by atoms with Crippen LogP contribution in [0.15, 0.2) is 0 Å². The highest BCUT2D eigenvalue weighted by molar-refractivity contribution is 5.01. The molecule has 0 unspecified atom stereocenters. The summed E-state index contributed by atoms with van der Waals surface area (Å²) in [7, 11) is 0. The summed E-state index contributed by atoms with van der Waals surface area (Å²) in [5, 5.41) is 0. The molecule has 0 heteroatoms. The first-order valence-electron chi connectivity index (χ1n) is 4.93. The highest BCUT2D eigenvalue weighted by atomic mass is 14.2. The van der Waals surface area contributed by atoms with E-state index in [1.807, 2.05) is 0 Å². The molecule has 0 aliphatic heterocycles. The molecule has 70 valence electrons. The molecule has 0 bridgehead atoms. The molecule has 0 atom stereocenters. The van der Waals surface area contributed by atoms with Gasteiger partial charge in [0.1, 0.15) is 0 Å². The lowest BCUT2D eigenvalue weighted by Gasteiger charge is -2.23. The van der Waals surface area contributed by atoms with Crippen LogP contribution in [0.1, 0.15) is 53.9 Å². The first-order chi connectivity index (χ1) is 5.48. The van der Waals surface area contributed by atoms with Gasteiger partial charge >= 0.3 is 0 Å². The van der Waals surface area contributed by atoms with Crippen molar-refractivity contribution in [1.29, 1.82) is 0 Å². The molecule has 0 heterocycles. The van der Waals surface area contributed by atoms with Gasteiger partial charge in [-0.15, -0.1) is 11.8 Å². The maximum atomic E-state index is 3.23. The lowest BCUT2D eigenvalue weighted by molar-refractivity contribution is 0.295. The fraction of sp³-hybridized carbons (Fsp3) is 0.833. The maximum absolute atomic E-state index is 3.23. The predicted octanol–water partition coefficient (Wildman–Crippen LogP) is 3.86. The quantitative estimate of drug-likeness (QED) is 0.558. The molecule has 0 aliphatic rings. The summed E-state index contributed by atoms with van der Waals surface area (Å²) in [5.41, 5.74) is 0.399. The van der Waals surface area contributed by atoms with Crippen LogP contribution in [0, 0.1) is 23.2 Å². The second-order valence-corrected chi connectivity index (χ2v) is 4.65. The zero-order valence-electron chi connectivity index (χ0n) is 9.20. The first-order valence-corrected chi connectivity index (χ1v) is 4.93. The fourth-order valence-electron chi connectivity index (χ4n) is 1.60. The molecule has 0 rings (SSSR count). The van der Waals surface area contributed by atoms with Gasteiger partial charge in [0.2, 0.25) is 0 Å². The Hall–Kier alpha value is -0.440. The fourth-order valence-corrected chi connectivity index (χ4v) is 1.60. The van der Waals surface area contributed by atoms with E-state index >= 15 is 0 Å². The summed E-state index contributed by atoms with van der Waals surface area (Å²) in [5.74, 6) is 7.14. The van der Waals surface area contributed by atoms with Crippen molar-refractivity contribution in [2.45, 2.75) is 53.9 Å². The molecule has 0 fully saturated rings. The van der Waals surface area contributed by atoms with Crippen LogP contribution in [-0.4, -0.2) is 0 Å². The Morgan fingerprint density at radius 3 is 2.17 bits per heavy atom. The van der Waals surface area contributed by atoms with E-state index in [2.05, 4.69) is 46.5 Å². The van der Waals surface area contributed by atoms with Gasteiger partial charge in [-0.3, -0.25) is 0 Å². The molecule has 0 aromatic carbocycles. The van der Waals surface area contributed by atoms with Crippen molar-refractivity contribution in [2.24, 2.45) is 11.3 Å². The normalized spacial score (nSPS) is 11.2. The smallest absolute Gasteiger partial charge is 0.0140 e. The van der Waals surface area contributed by atoms with Gasteiger partial charge in [0.15, 0.2) is 0 Å². The molecule has 0 nitrogen and oxygen atoms in total. The summed E-state index contributed by atoms with van der Waals surface area (Å²) in [6.45, 7) is 11.3. The molecule has 0 aliphatic carbocycles. The van der Waals surface area contributed by atoms with Crippen LogP contribution in [0.4, 0.5) is 0 Å². The first kappa shape index (κ1) is 11.6. The van der Waals surface area contributed by atoms with Gasteiger partial charge in [-0.2, -0.15) is 0 Å². The molecule has 0 spiro atoms. The van der Waals surface area contributed by atoms with Crippen molar-refractivity contribution in [3.05, 3.63) is 0 Å². The Morgan fingerprint density at radius 2 is 1.75 bits per heavy atom. The summed E-state index contributed by atoms with van der Waals surface area (Å²) in [6, 6.07) is 0. The van der Waals surface area contributed by atoms with Crippen LogP contribution < -0.4 is 0 Å². The van der Waals surface area contributed by atoms with E-state index in [1.54, 1.807) is 0 Å². The Bertz CT molecular complexity index is 164. The van der Waals surface area contributed by atoms with Crippen molar-refractivity contribution >= 4 is 0 Å². The maximum Gasteiger partial charge on any atom is 0.0140 e. The highest BCUT2D eigenvalue weighted by Crippen LogP contribution is 2.28. The number of hydrogen-bond acceptors (Lipinski definition) is 0. The van der Waals surface area contributed by atoms with Crippen LogP contribution in [0.2, 0.25) is 0 Å². The lowest BCUT2D eigenvalue weighted by Crippen LogP contribution is -2.13. The molecule has 0 aromatic rings. The minimum Gasteiger partial charge on any atom is -0.104 e. The topological polar surface area (TPSA) is 0 Å². The van der Waals surface area contributed by atoms with E-state index in [-0.39, 0.29) is 0 Å². The minimum absolute atomic E-state index is 0.399. The average Bonchev–Trinajstić information content (AvgIpc) is 1.84. The number of hydrogen-bond donors (Lipinski definition) is 0. The molecule has 0 N–H and O–H groups in total. The van der Waals surface area contributed by atoms with E-state index in [9.17, 15) is 0 Å². The number of rotatable bonds is 3. The van der Waals surface area contributed by atoms with Crippen molar-refractivity contribution < 1.29 is 0 Å². The molecule has 0 saturated carbocycles. The molecule has 0 saturated heterocycles. The zero-order chi connectivity index (χ0) is 9.61. The summed E-state index contributed by atoms with van der Waals surface area (Å²) in [6.07, 6.45) is 3.29. The van der Waals surface area contributed by atoms with E-state index < -0.39 is 0 Å². The van der Waals surface area contributed by atoms with Crippen LogP contribution >= 0.6 is 0 Å². The Labute approximate surface area is 77.8 Å². The molecular weight excluding hydrogens is 144 g/mol. The van der Waals surface area contributed by atoms with E-state index in [1.165, 1.54) is 6.42 Å². The van der Waals surface area contributed by atoms with Gasteiger partial charge in [-0.25, -0.2) is 0 Å². The minimum atomic E-state index is 0.399. The van der Waals surface area contributed by atoms with Crippen molar-refractivity contribution in [3.63, 3.8) is 0 Å². The standard InChI is InChI=1S/C12H22/c1-6-7-8-9-12(4,5)10-11(2)3/h11H,6,9-10H2,1-5H3. The summed E-state index contributed by atoms with van der Waals surface area (Å²) in [4.78, 5) is 0. The predicted molar refractivity (Wildman–Crippen MR) is 55.9 cm³/mol. The third-order valence-corrected chi connectivity index (χ3v) is 1.83. The van der Waals surface area contributed by atoms with Gasteiger partial charge in [0.25, 0.3) is 0 Å². The molecule has 0 aromatic heterocycles. The summed E-state index contributed by atoms with van der Waals surface area (Å²) >= 11 is 0. The van der Waals surface area contributed by atoms with Gasteiger partial charge in [-0.05, 0) is 17.8 Å². The van der Waals surface area contributed by atoms with Gasteiger partial charge in [-0.1, -0.05) is 34.6 Å². The zero-order valence-corrected chi connectivity index (χ0v) is 9.20.